The van der Waals surface area contributed by atoms with Crippen LogP contribution in [0.25, 0.3) is 0 Å². The second-order valence-electron chi connectivity index (χ2n) is 8.58. The Kier molecular flexibility index (Phi) is 4.50. The predicted octanol–water partition coefficient (Wildman–Crippen LogP) is 4.08. The summed E-state index contributed by atoms with van der Waals surface area (Å²) in [6, 6.07) is 13.0. The van der Waals surface area contributed by atoms with Gasteiger partial charge in [0.25, 0.3) is 5.91 Å². The summed E-state index contributed by atoms with van der Waals surface area (Å²) >= 11 is 1.52. The van der Waals surface area contributed by atoms with E-state index < -0.39 is 0 Å². The molecule has 2 heterocycles. The summed E-state index contributed by atoms with van der Waals surface area (Å²) in [4.78, 5) is 28.0. The summed E-state index contributed by atoms with van der Waals surface area (Å²) in [5, 5.41) is 5.11. The lowest BCUT2D eigenvalue weighted by molar-refractivity contribution is -0.121. The zero-order valence-electron chi connectivity index (χ0n) is 16.0. The van der Waals surface area contributed by atoms with Crippen molar-refractivity contribution in [1.29, 1.82) is 0 Å². The zero-order chi connectivity index (χ0) is 19.1. The number of fused-ring (bicyclic) bond motifs is 2. The third-order valence-electron chi connectivity index (χ3n) is 6.72. The van der Waals surface area contributed by atoms with Gasteiger partial charge in [-0.25, -0.2) is 0 Å². The molecule has 3 aliphatic rings. The van der Waals surface area contributed by atoms with Crippen LogP contribution < -0.4 is 5.32 Å². The number of carbonyl (C=O) groups excluding carboxylic acids is 2. The first kappa shape index (κ1) is 17.9. The number of hydrogen-bond donors (Lipinski definition) is 1. The quantitative estimate of drug-likeness (QED) is 0.850. The highest BCUT2D eigenvalue weighted by Crippen LogP contribution is 2.52. The summed E-state index contributed by atoms with van der Waals surface area (Å²) in [7, 11) is 0. The second kappa shape index (κ2) is 7.03. The number of amides is 2. The molecule has 0 radical (unpaired) electrons. The maximum Gasteiger partial charge on any atom is 0.263 e. The third-order valence-corrected chi connectivity index (χ3v) is 7.58. The second-order valence-corrected chi connectivity index (χ2v) is 9.53. The van der Waals surface area contributed by atoms with Gasteiger partial charge in [-0.1, -0.05) is 30.3 Å². The fraction of sp³-hybridized carbons (Fsp3) is 0.478. The Morgan fingerprint density at radius 1 is 1.11 bits per heavy atom. The Hall–Kier alpha value is -2.14. The van der Waals surface area contributed by atoms with Gasteiger partial charge in [0.05, 0.1) is 4.88 Å². The molecule has 1 spiro atoms. The Morgan fingerprint density at radius 2 is 1.89 bits per heavy atom. The average molecular weight is 395 g/mol. The molecule has 1 saturated heterocycles. The molecule has 1 saturated carbocycles. The molecular weight excluding hydrogens is 368 g/mol. The number of thiophene rings is 1. The molecule has 2 amide bonds. The number of benzene rings is 1. The first-order chi connectivity index (χ1) is 13.6. The van der Waals surface area contributed by atoms with Crippen molar-refractivity contribution in [2.45, 2.75) is 55.9 Å². The lowest BCUT2D eigenvalue weighted by Gasteiger charge is -2.40. The third kappa shape index (κ3) is 3.26. The molecule has 1 aliphatic heterocycles. The van der Waals surface area contributed by atoms with E-state index in [4.69, 9.17) is 0 Å². The molecular formula is C23H26N2O2S. The van der Waals surface area contributed by atoms with Gasteiger partial charge in [0.1, 0.15) is 0 Å². The largest absolute Gasteiger partial charge is 0.353 e. The molecule has 5 heteroatoms. The van der Waals surface area contributed by atoms with Gasteiger partial charge in [-0.3, -0.25) is 9.59 Å². The van der Waals surface area contributed by atoms with Gasteiger partial charge in [-0.2, -0.15) is 0 Å². The van der Waals surface area contributed by atoms with Crippen molar-refractivity contribution < 1.29 is 9.59 Å². The van der Waals surface area contributed by atoms with E-state index in [2.05, 4.69) is 29.6 Å². The molecule has 4 nitrogen and oxygen atoms in total. The summed E-state index contributed by atoms with van der Waals surface area (Å²) in [5.74, 6) is 0.663. The average Bonchev–Trinajstić information content (AvgIpc) is 3.25. The van der Waals surface area contributed by atoms with Gasteiger partial charge < -0.3 is 10.2 Å². The van der Waals surface area contributed by atoms with E-state index in [1.165, 1.54) is 22.5 Å². The number of likely N-dealkylation sites (tertiary alicyclic amines) is 1. The number of nitrogens with zero attached hydrogens (tertiary/aromatic N) is 1. The van der Waals surface area contributed by atoms with E-state index in [1.54, 1.807) is 0 Å². The monoisotopic (exact) mass is 394 g/mol. The minimum Gasteiger partial charge on any atom is -0.353 e. The van der Waals surface area contributed by atoms with Crippen LogP contribution in [0.3, 0.4) is 0 Å². The van der Waals surface area contributed by atoms with Crippen molar-refractivity contribution in [2.75, 3.05) is 13.1 Å². The van der Waals surface area contributed by atoms with Gasteiger partial charge >= 0.3 is 0 Å². The predicted molar refractivity (Wildman–Crippen MR) is 111 cm³/mol. The van der Waals surface area contributed by atoms with E-state index >= 15 is 0 Å². The number of piperidine rings is 1. The minimum absolute atomic E-state index is 0.118. The Bertz CT molecular complexity index is 880. The number of nitrogens with one attached hydrogen (secondary N) is 1. The Morgan fingerprint density at radius 3 is 2.61 bits per heavy atom. The van der Waals surface area contributed by atoms with Crippen molar-refractivity contribution in [3.63, 3.8) is 0 Å². The molecule has 2 fully saturated rings. The van der Waals surface area contributed by atoms with Gasteiger partial charge in [-0.05, 0) is 66.0 Å². The fourth-order valence-electron chi connectivity index (χ4n) is 5.12. The smallest absolute Gasteiger partial charge is 0.263 e. The molecule has 5 rings (SSSR count). The van der Waals surface area contributed by atoms with Crippen LogP contribution in [0.4, 0.5) is 0 Å². The molecule has 2 aromatic rings. The van der Waals surface area contributed by atoms with Crippen molar-refractivity contribution in [2.24, 2.45) is 0 Å². The molecule has 1 aromatic heterocycles. The highest BCUT2D eigenvalue weighted by Gasteiger charge is 2.46. The summed E-state index contributed by atoms with van der Waals surface area (Å²) in [6.07, 6.45) is 5.86. The van der Waals surface area contributed by atoms with Crippen LogP contribution in [0.1, 0.15) is 65.2 Å². The van der Waals surface area contributed by atoms with Gasteiger partial charge in [0, 0.05) is 25.6 Å². The zero-order valence-corrected chi connectivity index (χ0v) is 16.8. The number of rotatable bonds is 4. The minimum atomic E-state index is 0.118. The normalized spacial score (nSPS) is 22.9. The first-order valence-electron chi connectivity index (χ1n) is 10.4. The van der Waals surface area contributed by atoms with Gasteiger partial charge in [-0.15, -0.1) is 11.3 Å². The number of hydrogen-bond acceptors (Lipinski definition) is 3. The van der Waals surface area contributed by atoms with Crippen LogP contribution in [-0.4, -0.2) is 35.8 Å². The van der Waals surface area contributed by atoms with Crippen LogP contribution in [0.2, 0.25) is 0 Å². The van der Waals surface area contributed by atoms with Crippen LogP contribution >= 0.6 is 11.3 Å². The molecule has 0 bridgehead atoms. The first-order valence-corrected chi connectivity index (χ1v) is 11.2. The lowest BCUT2D eigenvalue weighted by atomic mass is 9.73. The van der Waals surface area contributed by atoms with Gasteiger partial charge in [0.15, 0.2) is 0 Å². The molecule has 146 valence electrons. The molecule has 1 atom stereocenters. The van der Waals surface area contributed by atoms with Crippen LogP contribution in [-0.2, 0) is 10.2 Å². The maximum atomic E-state index is 12.7. The van der Waals surface area contributed by atoms with E-state index in [-0.39, 0.29) is 17.2 Å². The highest BCUT2D eigenvalue weighted by molar-refractivity contribution is 7.12. The van der Waals surface area contributed by atoms with E-state index in [0.717, 1.165) is 50.1 Å². The van der Waals surface area contributed by atoms with Crippen molar-refractivity contribution in [1.82, 2.24) is 10.2 Å². The molecule has 0 unspecified atom stereocenters. The van der Waals surface area contributed by atoms with Crippen LogP contribution in [0.5, 0.6) is 0 Å². The van der Waals surface area contributed by atoms with Crippen LogP contribution in [0, 0.1) is 0 Å². The molecule has 2 aliphatic carbocycles. The lowest BCUT2D eigenvalue weighted by Crippen LogP contribution is -2.44. The van der Waals surface area contributed by atoms with E-state index in [9.17, 15) is 9.59 Å². The molecule has 1 aromatic carbocycles. The summed E-state index contributed by atoms with van der Waals surface area (Å²) < 4.78 is 0. The van der Waals surface area contributed by atoms with E-state index in [1.807, 2.05) is 22.4 Å². The van der Waals surface area contributed by atoms with Crippen LogP contribution in [0.15, 0.2) is 41.8 Å². The van der Waals surface area contributed by atoms with Gasteiger partial charge in [0.2, 0.25) is 5.91 Å². The van der Waals surface area contributed by atoms with Crippen molar-refractivity contribution in [3.8, 4) is 0 Å². The summed E-state index contributed by atoms with van der Waals surface area (Å²) in [6.45, 7) is 1.60. The SMILES string of the molecule is O=C(C[C@@H]1CC2(CCN(C(=O)c3cccs3)CC2)c2ccccc21)NC1CC1. The maximum absolute atomic E-state index is 12.7. The van der Waals surface area contributed by atoms with Crippen molar-refractivity contribution in [3.05, 3.63) is 57.8 Å². The fourth-order valence-corrected chi connectivity index (χ4v) is 5.81. The molecule has 1 N–H and O–H groups in total. The Labute approximate surface area is 169 Å². The topological polar surface area (TPSA) is 49.4 Å². The summed E-state index contributed by atoms with van der Waals surface area (Å²) in [5.41, 5.74) is 2.89. The standard InChI is InChI=1S/C23H26N2O2S/c26-21(24-17-7-8-17)14-16-15-23(19-5-2-1-4-18(16)19)9-11-25(12-10-23)22(27)20-6-3-13-28-20/h1-6,13,16-17H,7-12,14-15H2,(H,24,26)/t16-/m1/s1. The highest BCUT2D eigenvalue weighted by atomic mass is 32.1. The Balaban J connectivity index is 1.31. The van der Waals surface area contributed by atoms with E-state index in [0.29, 0.717) is 18.4 Å². The number of carbonyl (C=O) groups is 2. The molecule has 28 heavy (non-hydrogen) atoms. The van der Waals surface area contributed by atoms with Crippen molar-refractivity contribution >= 4 is 23.2 Å².